The minimum absolute atomic E-state index is 0.0337. The van der Waals surface area contributed by atoms with Gasteiger partial charge in [-0.2, -0.15) is 13.2 Å². The van der Waals surface area contributed by atoms with E-state index in [0.29, 0.717) is 17.9 Å². The van der Waals surface area contributed by atoms with Gasteiger partial charge in [-0.15, -0.1) is 11.3 Å². The van der Waals surface area contributed by atoms with Crippen LogP contribution < -0.4 is 0 Å². The molecule has 0 amide bonds. The lowest BCUT2D eigenvalue weighted by Crippen LogP contribution is -2.33. The molecule has 1 aromatic rings. The molecule has 1 fully saturated rings. The molecule has 1 unspecified atom stereocenters. The Kier molecular flexibility index (Phi) is 5.37. The van der Waals surface area contributed by atoms with Crippen molar-refractivity contribution in [2.45, 2.75) is 51.3 Å². The van der Waals surface area contributed by atoms with Crippen LogP contribution in [0.4, 0.5) is 13.2 Å². The smallest absolute Gasteiger partial charge is 0.370 e. The minimum atomic E-state index is -4.50. The summed E-state index contributed by atoms with van der Waals surface area (Å²) in [6, 6.07) is 0. The van der Waals surface area contributed by atoms with E-state index in [2.05, 4.69) is 4.98 Å². The van der Waals surface area contributed by atoms with E-state index < -0.39 is 17.3 Å². The molecule has 0 aliphatic heterocycles. The third-order valence-electron chi connectivity index (χ3n) is 3.67. The fraction of sp³-hybridized carbons (Fsp3) is 0.714. The Morgan fingerprint density at radius 3 is 2.62 bits per heavy atom. The number of hydrogen-bond donors (Lipinski definition) is 0. The van der Waals surface area contributed by atoms with Crippen molar-refractivity contribution < 1.29 is 22.7 Å². The maximum atomic E-state index is 12.6. The molecule has 1 saturated carbocycles. The number of halogens is 3. The molecule has 0 N–H and O–H groups in total. The van der Waals surface area contributed by atoms with Crippen molar-refractivity contribution in [1.82, 2.24) is 4.98 Å². The van der Waals surface area contributed by atoms with Gasteiger partial charge in [0.2, 0.25) is 5.78 Å². The summed E-state index contributed by atoms with van der Waals surface area (Å²) in [5.74, 6) is -0.264. The number of carbonyl (C=O) groups excluding carboxylic acids is 1. The standard InChI is InChI=1S/C14H18F3NO2S/c1-2-20-12(9-6-4-3-5-7-9)11(19)10-8-18-13(21-10)14(15,16)17/h8-9,12H,2-7H2,1H3. The van der Waals surface area contributed by atoms with Gasteiger partial charge in [-0.05, 0) is 25.7 Å². The van der Waals surface area contributed by atoms with Crippen LogP contribution in [0, 0.1) is 5.92 Å². The highest BCUT2D eigenvalue weighted by Gasteiger charge is 2.37. The van der Waals surface area contributed by atoms with Gasteiger partial charge in [0.25, 0.3) is 0 Å². The molecule has 118 valence electrons. The van der Waals surface area contributed by atoms with Crippen LogP contribution in [0.25, 0.3) is 0 Å². The summed E-state index contributed by atoms with van der Waals surface area (Å²) in [6.45, 7) is 2.16. The summed E-state index contributed by atoms with van der Waals surface area (Å²) in [5.41, 5.74) is 0. The van der Waals surface area contributed by atoms with Gasteiger partial charge in [-0.1, -0.05) is 19.3 Å². The largest absolute Gasteiger partial charge is 0.443 e. The topological polar surface area (TPSA) is 39.2 Å². The van der Waals surface area contributed by atoms with Crippen molar-refractivity contribution in [1.29, 1.82) is 0 Å². The molecule has 0 spiro atoms. The molecular formula is C14H18F3NO2S. The zero-order valence-corrected chi connectivity index (χ0v) is 12.6. The summed E-state index contributed by atoms with van der Waals surface area (Å²) in [6.07, 6.45) is 0.873. The van der Waals surface area contributed by atoms with Crippen LogP contribution >= 0.6 is 11.3 Å². The predicted octanol–water partition coefficient (Wildman–Crippen LogP) is 4.33. The van der Waals surface area contributed by atoms with Gasteiger partial charge in [-0.3, -0.25) is 4.79 Å². The normalized spacial score (nSPS) is 18.7. The Balaban J connectivity index is 2.15. The quantitative estimate of drug-likeness (QED) is 0.758. The van der Waals surface area contributed by atoms with Crippen LogP contribution in [-0.2, 0) is 10.9 Å². The molecule has 1 atom stereocenters. The number of Topliss-reactive ketones (excluding diaryl/α,β-unsaturated/α-hetero) is 1. The molecule has 1 aromatic heterocycles. The van der Waals surface area contributed by atoms with Crippen molar-refractivity contribution in [2.75, 3.05) is 6.61 Å². The third-order valence-corrected chi connectivity index (χ3v) is 4.73. The maximum absolute atomic E-state index is 12.6. The molecule has 1 aliphatic rings. The lowest BCUT2D eigenvalue weighted by Gasteiger charge is -2.28. The van der Waals surface area contributed by atoms with Crippen molar-refractivity contribution in [3.63, 3.8) is 0 Å². The summed E-state index contributed by atoms with van der Waals surface area (Å²) in [5, 5.41) is -0.982. The van der Waals surface area contributed by atoms with Crippen LogP contribution in [0.15, 0.2) is 6.20 Å². The fourth-order valence-corrected chi connectivity index (χ4v) is 3.45. The first-order valence-corrected chi connectivity index (χ1v) is 7.94. The van der Waals surface area contributed by atoms with E-state index >= 15 is 0 Å². The van der Waals surface area contributed by atoms with E-state index in [1.807, 2.05) is 0 Å². The molecule has 1 heterocycles. The summed E-state index contributed by atoms with van der Waals surface area (Å²) in [7, 11) is 0. The van der Waals surface area contributed by atoms with Crippen LogP contribution in [0.2, 0.25) is 0 Å². The van der Waals surface area contributed by atoms with E-state index in [1.54, 1.807) is 6.92 Å². The van der Waals surface area contributed by atoms with Crippen molar-refractivity contribution in [3.8, 4) is 0 Å². The van der Waals surface area contributed by atoms with Crippen molar-refractivity contribution in [3.05, 3.63) is 16.1 Å². The Labute approximate surface area is 125 Å². The number of ether oxygens (including phenoxy) is 1. The summed E-state index contributed by atoms with van der Waals surface area (Å²) in [4.78, 5) is 15.8. The Morgan fingerprint density at radius 1 is 1.43 bits per heavy atom. The molecule has 3 nitrogen and oxygen atoms in total. The van der Waals surface area contributed by atoms with E-state index in [-0.39, 0.29) is 16.6 Å². The third kappa shape index (κ3) is 4.03. The second-order valence-electron chi connectivity index (χ2n) is 5.17. The van der Waals surface area contributed by atoms with Gasteiger partial charge in [0.1, 0.15) is 6.10 Å². The predicted molar refractivity (Wildman–Crippen MR) is 73.4 cm³/mol. The SMILES string of the molecule is CCOC(C(=O)c1cnc(C(F)(F)F)s1)C1CCCCC1. The maximum Gasteiger partial charge on any atom is 0.443 e. The van der Waals surface area contributed by atoms with Crippen LogP contribution in [-0.4, -0.2) is 23.5 Å². The van der Waals surface area contributed by atoms with Gasteiger partial charge < -0.3 is 4.74 Å². The zero-order valence-electron chi connectivity index (χ0n) is 11.8. The number of aromatic nitrogens is 1. The molecule has 21 heavy (non-hydrogen) atoms. The number of rotatable bonds is 5. The van der Waals surface area contributed by atoms with Crippen LogP contribution in [0.1, 0.15) is 53.7 Å². The molecular weight excluding hydrogens is 303 g/mol. The molecule has 0 aromatic carbocycles. The fourth-order valence-electron chi connectivity index (χ4n) is 2.70. The second kappa shape index (κ2) is 6.87. The average molecular weight is 321 g/mol. The van der Waals surface area contributed by atoms with Crippen LogP contribution in [0.5, 0.6) is 0 Å². The minimum Gasteiger partial charge on any atom is -0.370 e. The zero-order chi connectivity index (χ0) is 15.5. The van der Waals surface area contributed by atoms with Gasteiger partial charge in [0, 0.05) is 12.8 Å². The monoisotopic (exact) mass is 321 g/mol. The van der Waals surface area contributed by atoms with E-state index in [1.165, 1.54) is 0 Å². The van der Waals surface area contributed by atoms with E-state index in [9.17, 15) is 18.0 Å². The Hall–Kier alpha value is -0.950. The first kappa shape index (κ1) is 16.4. The molecule has 7 heteroatoms. The Morgan fingerprint density at radius 2 is 2.10 bits per heavy atom. The lowest BCUT2D eigenvalue weighted by molar-refractivity contribution is -0.137. The van der Waals surface area contributed by atoms with Gasteiger partial charge in [0.15, 0.2) is 5.01 Å². The lowest BCUT2D eigenvalue weighted by atomic mass is 9.83. The van der Waals surface area contributed by atoms with Gasteiger partial charge in [0.05, 0.1) is 4.88 Å². The van der Waals surface area contributed by atoms with Crippen molar-refractivity contribution in [2.24, 2.45) is 5.92 Å². The molecule has 2 rings (SSSR count). The number of hydrogen-bond acceptors (Lipinski definition) is 4. The number of nitrogens with zero attached hydrogens (tertiary/aromatic N) is 1. The first-order chi connectivity index (χ1) is 9.93. The number of ketones is 1. The highest BCUT2D eigenvalue weighted by atomic mass is 32.1. The molecule has 0 bridgehead atoms. The van der Waals surface area contributed by atoms with Crippen LogP contribution in [0.3, 0.4) is 0 Å². The van der Waals surface area contributed by atoms with Gasteiger partial charge in [-0.25, -0.2) is 4.98 Å². The molecule has 0 radical (unpaired) electrons. The first-order valence-electron chi connectivity index (χ1n) is 7.12. The average Bonchev–Trinajstić information content (AvgIpc) is 2.95. The summed E-state index contributed by atoms with van der Waals surface area (Å²) < 4.78 is 43.3. The Bertz CT molecular complexity index is 481. The highest BCUT2D eigenvalue weighted by Crippen LogP contribution is 2.35. The van der Waals surface area contributed by atoms with E-state index in [0.717, 1.165) is 38.3 Å². The van der Waals surface area contributed by atoms with Gasteiger partial charge >= 0.3 is 6.18 Å². The number of alkyl halides is 3. The summed E-state index contributed by atoms with van der Waals surface area (Å²) >= 11 is 0.400. The number of carbonyl (C=O) groups is 1. The van der Waals surface area contributed by atoms with Crippen molar-refractivity contribution >= 4 is 17.1 Å². The molecule has 0 saturated heterocycles. The molecule has 1 aliphatic carbocycles. The second-order valence-corrected chi connectivity index (χ2v) is 6.20. The highest BCUT2D eigenvalue weighted by molar-refractivity contribution is 7.13. The van der Waals surface area contributed by atoms with E-state index in [4.69, 9.17) is 4.74 Å². The number of thiazole rings is 1.